The number of halogens is 1. The number of thiazole rings is 1. The molecule has 1 aromatic carbocycles. The zero-order chi connectivity index (χ0) is 12.3. The summed E-state index contributed by atoms with van der Waals surface area (Å²) in [6.45, 7) is 0. The van der Waals surface area contributed by atoms with E-state index in [1.807, 2.05) is 0 Å². The highest BCUT2D eigenvalue weighted by molar-refractivity contribution is 7.07. The van der Waals surface area contributed by atoms with E-state index < -0.39 is 5.82 Å². The maximum Gasteiger partial charge on any atom is 0.230 e. The van der Waals surface area contributed by atoms with E-state index in [1.165, 1.54) is 29.5 Å². The molecule has 2 rings (SSSR count). The lowest BCUT2D eigenvalue weighted by Gasteiger charge is -2.07. The van der Waals surface area contributed by atoms with E-state index in [0.717, 1.165) is 0 Å². The Hall–Kier alpha value is -1.95. The van der Waals surface area contributed by atoms with Crippen LogP contribution in [0.1, 0.15) is 5.69 Å². The predicted molar refractivity (Wildman–Crippen MR) is 65.3 cm³/mol. The van der Waals surface area contributed by atoms with Crippen molar-refractivity contribution in [3.05, 3.63) is 40.6 Å². The number of aromatic nitrogens is 1. The van der Waals surface area contributed by atoms with Gasteiger partial charge in [-0.3, -0.25) is 4.79 Å². The van der Waals surface area contributed by atoms with Crippen LogP contribution in [0, 0.1) is 5.82 Å². The zero-order valence-electron chi connectivity index (χ0n) is 8.81. The van der Waals surface area contributed by atoms with Gasteiger partial charge in [-0.15, -0.1) is 11.3 Å². The smallest absolute Gasteiger partial charge is 0.230 e. The van der Waals surface area contributed by atoms with Gasteiger partial charge in [-0.05, 0) is 18.2 Å². The van der Waals surface area contributed by atoms with Crippen LogP contribution >= 0.6 is 11.3 Å². The van der Waals surface area contributed by atoms with Crippen LogP contribution in [0.3, 0.4) is 0 Å². The summed E-state index contributed by atoms with van der Waals surface area (Å²) in [5.41, 5.74) is 8.57. The molecule has 0 aliphatic heterocycles. The van der Waals surface area contributed by atoms with Crippen molar-refractivity contribution < 1.29 is 9.18 Å². The monoisotopic (exact) mass is 251 g/mol. The molecule has 88 valence electrons. The third-order valence-corrected chi connectivity index (χ3v) is 2.75. The number of hydrogen-bond acceptors (Lipinski definition) is 4. The van der Waals surface area contributed by atoms with E-state index >= 15 is 0 Å². The number of nitrogen functional groups attached to an aromatic ring is 1. The van der Waals surface area contributed by atoms with Crippen LogP contribution in [-0.2, 0) is 11.2 Å². The van der Waals surface area contributed by atoms with Crippen molar-refractivity contribution in [1.29, 1.82) is 0 Å². The molecule has 3 N–H and O–H groups in total. The summed E-state index contributed by atoms with van der Waals surface area (Å²) in [4.78, 5) is 15.6. The lowest BCUT2D eigenvalue weighted by Crippen LogP contribution is -2.15. The standard InChI is InChI=1S/C11H10FN3OS/c12-7-1-2-9(13)10(3-7)15-11(16)4-8-5-17-6-14-8/h1-3,5-6H,4,13H2,(H,15,16). The maximum absolute atomic E-state index is 13.0. The van der Waals surface area contributed by atoms with E-state index in [4.69, 9.17) is 5.73 Å². The molecule has 0 bridgehead atoms. The molecule has 0 saturated heterocycles. The van der Waals surface area contributed by atoms with Crippen molar-refractivity contribution in [2.24, 2.45) is 0 Å². The van der Waals surface area contributed by atoms with Gasteiger partial charge in [0.1, 0.15) is 5.82 Å². The zero-order valence-corrected chi connectivity index (χ0v) is 9.63. The third kappa shape index (κ3) is 3.01. The first-order valence-corrected chi connectivity index (χ1v) is 5.81. The number of nitrogens with zero attached hydrogens (tertiary/aromatic N) is 1. The molecule has 0 fully saturated rings. The Labute approximate surface area is 101 Å². The van der Waals surface area contributed by atoms with Gasteiger partial charge in [0, 0.05) is 5.38 Å². The Balaban J connectivity index is 2.05. The number of nitrogens with two attached hydrogens (primary N) is 1. The molecule has 1 amide bonds. The second-order valence-corrected chi connectivity index (χ2v) is 4.15. The Bertz CT molecular complexity index is 528. The molecule has 0 saturated carbocycles. The van der Waals surface area contributed by atoms with Gasteiger partial charge < -0.3 is 11.1 Å². The lowest BCUT2D eigenvalue weighted by atomic mass is 10.2. The molecule has 0 aliphatic carbocycles. The topological polar surface area (TPSA) is 68.0 Å². The van der Waals surface area contributed by atoms with E-state index in [2.05, 4.69) is 10.3 Å². The highest BCUT2D eigenvalue weighted by atomic mass is 32.1. The van der Waals surface area contributed by atoms with Gasteiger partial charge in [0.25, 0.3) is 0 Å². The van der Waals surface area contributed by atoms with Crippen LogP contribution in [0.15, 0.2) is 29.1 Å². The average molecular weight is 251 g/mol. The van der Waals surface area contributed by atoms with Crippen molar-refractivity contribution in [2.75, 3.05) is 11.1 Å². The van der Waals surface area contributed by atoms with E-state index in [0.29, 0.717) is 11.4 Å². The van der Waals surface area contributed by atoms with Crippen molar-refractivity contribution >= 4 is 28.6 Å². The molecule has 0 radical (unpaired) electrons. The fourth-order valence-corrected chi connectivity index (χ4v) is 1.88. The van der Waals surface area contributed by atoms with Gasteiger partial charge in [0.2, 0.25) is 5.91 Å². The van der Waals surface area contributed by atoms with Crippen molar-refractivity contribution in [3.63, 3.8) is 0 Å². The molecule has 0 spiro atoms. The first kappa shape index (κ1) is 11.5. The Morgan fingerprint density at radius 1 is 1.53 bits per heavy atom. The molecule has 1 heterocycles. The highest BCUT2D eigenvalue weighted by Crippen LogP contribution is 2.19. The number of nitrogens with one attached hydrogen (secondary N) is 1. The van der Waals surface area contributed by atoms with Gasteiger partial charge >= 0.3 is 0 Å². The first-order chi connectivity index (χ1) is 8.15. The Kier molecular flexibility index (Phi) is 3.34. The second-order valence-electron chi connectivity index (χ2n) is 3.44. The molecule has 1 aromatic heterocycles. The fraction of sp³-hybridized carbons (Fsp3) is 0.0909. The summed E-state index contributed by atoms with van der Waals surface area (Å²) >= 11 is 1.42. The highest BCUT2D eigenvalue weighted by Gasteiger charge is 2.08. The van der Waals surface area contributed by atoms with Crippen LogP contribution < -0.4 is 11.1 Å². The fourth-order valence-electron chi connectivity index (χ4n) is 1.32. The molecule has 0 unspecified atom stereocenters. The summed E-state index contributed by atoms with van der Waals surface area (Å²) < 4.78 is 13.0. The van der Waals surface area contributed by atoms with Crippen molar-refractivity contribution in [3.8, 4) is 0 Å². The van der Waals surface area contributed by atoms with Gasteiger partial charge in [-0.1, -0.05) is 0 Å². The maximum atomic E-state index is 13.0. The minimum atomic E-state index is -0.442. The molecule has 17 heavy (non-hydrogen) atoms. The number of benzene rings is 1. The molecule has 0 atom stereocenters. The molecular formula is C11H10FN3OS. The quantitative estimate of drug-likeness (QED) is 0.820. The molecule has 2 aromatic rings. The van der Waals surface area contributed by atoms with Gasteiger partial charge in [0.15, 0.2) is 0 Å². The summed E-state index contributed by atoms with van der Waals surface area (Å²) in [5.74, 6) is -0.712. The SMILES string of the molecule is Nc1ccc(F)cc1NC(=O)Cc1cscn1. The summed E-state index contributed by atoms with van der Waals surface area (Å²) in [7, 11) is 0. The number of hydrogen-bond donors (Lipinski definition) is 2. The normalized spacial score (nSPS) is 10.2. The summed E-state index contributed by atoms with van der Waals surface area (Å²) in [6, 6.07) is 3.84. The Morgan fingerprint density at radius 2 is 2.35 bits per heavy atom. The van der Waals surface area contributed by atoms with Crippen molar-refractivity contribution in [1.82, 2.24) is 4.98 Å². The molecule has 0 aliphatic rings. The van der Waals surface area contributed by atoms with Crippen LogP contribution in [0.4, 0.5) is 15.8 Å². The Morgan fingerprint density at radius 3 is 3.06 bits per heavy atom. The number of anilines is 2. The molecule has 4 nitrogen and oxygen atoms in total. The molecular weight excluding hydrogens is 241 g/mol. The summed E-state index contributed by atoms with van der Waals surface area (Å²) in [5, 5.41) is 4.34. The predicted octanol–water partition coefficient (Wildman–Crippen LogP) is 2.05. The first-order valence-electron chi connectivity index (χ1n) is 4.87. The van der Waals surface area contributed by atoms with E-state index in [9.17, 15) is 9.18 Å². The number of carbonyl (C=O) groups is 1. The van der Waals surface area contributed by atoms with Crippen LogP contribution in [0.25, 0.3) is 0 Å². The number of rotatable bonds is 3. The van der Waals surface area contributed by atoms with Crippen molar-refractivity contribution in [2.45, 2.75) is 6.42 Å². The van der Waals surface area contributed by atoms with Crippen LogP contribution in [-0.4, -0.2) is 10.9 Å². The van der Waals surface area contributed by atoms with E-state index in [-0.39, 0.29) is 18.0 Å². The average Bonchev–Trinajstić information content (AvgIpc) is 2.76. The van der Waals surface area contributed by atoms with Crippen LogP contribution in [0.5, 0.6) is 0 Å². The van der Waals surface area contributed by atoms with Gasteiger partial charge in [-0.2, -0.15) is 0 Å². The second kappa shape index (κ2) is 4.92. The minimum Gasteiger partial charge on any atom is -0.397 e. The lowest BCUT2D eigenvalue weighted by molar-refractivity contribution is -0.115. The van der Waals surface area contributed by atoms with Gasteiger partial charge in [0.05, 0.1) is 29.0 Å². The number of carbonyl (C=O) groups excluding carboxylic acids is 1. The number of amides is 1. The molecule has 6 heteroatoms. The van der Waals surface area contributed by atoms with E-state index in [1.54, 1.807) is 10.9 Å². The van der Waals surface area contributed by atoms with Gasteiger partial charge in [-0.25, -0.2) is 9.37 Å². The third-order valence-electron chi connectivity index (χ3n) is 2.11. The summed E-state index contributed by atoms with van der Waals surface area (Å²) in [6.07, 6.45) is 0.152. The van der Waals surface area contributed by atoms with Crippen LogP contribution in [0.2, 0.25) is 0 Å². The minimum absolute atomic E-state index is 0.152. The largest absolute Gasteiger partial charge is 0.397 e.